The van der Waals surface area contributed by atoms with Gasteiger partial charge in [-0.15, -0.1) is 0 Å². The Hall–Kier alpha value is -1.62. The Morgan fingerprint density at radius 2 is 2.42 bits per heavy atom. The lowest BCUT2D eigenvalue weighted by atomic mass is 10.2. The van der Waals surface area contributed by atoms with Gasteiger partial charge in [-0.2, -0.15) is 0 Å². The lowest BCUT2D eigenvalue weighted by Crippen LogP contribution is -2.35. The molecule has 1 saturated heterocycles. The summed E-state index contributed by atoms with van der Waals surface area (Å²) < 4.78 is 23.9. The average molecular weight is 267 g/mol. The Kier molecular flexibility index (Phi) is 4.74. The van der Waals surface area contributed by atoms with E-state index < -0.39 is 5.82 Å². The summed E-state index contributed by atoms with van der Waals surface area (Å²) in [5, 5.41) is 2.72. The van der Waals surface area contributed by atoms with Gasteiger partial charge in [-0.05, 0) is 37.5 Å². The van der Waals surface area contributed by atoms with E-state index in [4.69, 9.17) is 9.47 Å². The summed E-state index contributed by atoms with van der Waals surface area (Å²) in [6.07, 6.45) is 2.10. The quantitative estimate of drug-likeness (QED) is 0.885. The lowest BCUT2D eigenvalue weighted by molar-refractivity contribution is -0.123. The number of amides is 1. The summed E-state index contributed by atoms with van der Waals surface area (Å²) in [7, 11) is 0. The van der Waals surface area contributed by atoms with E-state index in [1.54, 1.807) is 12.1 Å². The number of benzene rings is 1. The molecule has 5 heteroatoms. The van der Waals surface area contributed by atoms with Crippen molar-refractivity contribution in [2.24, 2.45) is 0 Å². The van der Waals surface area contributed by atoms with Gasteiger partial charge in [0, 0.05) is 13.2 Å². The highest BCUT2D eigenvalue weighted by atomic mass is 19.1. The Bertz CT molecular complexity index is 444. The van der Waals surface area contributed by atoms with Crippen molar-refractivity contribution < 1.29 is 18.7 Å². The van der Waals surface area contributed by atoms with E-state index in [1.807, 2.05) is 6.92 Å². The molecule has 1 aliphatic rings. The van der Waals surface area contributed by atoms with Crippen LogP contribution in [0.4, 0.5) is 4.39 Å². The number of rotatable bonds is 5. The molecule has 1 amide bonds. The van der Waals surface area contributed by atoms with Gasteiger partial charge in [0.2, 0.25) is 0 Å². The van der Waals surface area contributed by atoms with Crippen molar-refractivity contribution >= 4 is 5.91 Å². The SMILES string of the molecule is Cc1ccc(F)c(OCC(=O)NCC2CCCO2)c1. The van der Waals surface area contributed by atoms with Gasteiger partial charge in [-0.3, -0.25) is 4.79 Å². The predicted molar refractivity (Wildman–Crippen MR) is 68.6 cm³/mol. The molecule has 1 unspecified atom stereocenters. The molecule has 0 aromatic heterocycles. The molecule has 0 bridgehead atoms. The fourth-order valence-electron chi connectivity index (χ4n) is 1.95. The van der Waals surface area contributed by atoms with Gasteiger partial charge in [0.1, 0.15) is 0 Å². The molecule has 1 aromatic carbocycles. The molecule has 1 aliphatic heterocycles. The molecule has 1 atom stereocenters. The first-order valence-corrected chi connectivity index (χ1v) is 6.42. The fourth-order valence-corrected chi connectivity index (χ4v) is 1.95. The first-order valence-electron chi connectivity index (χ1n) is 6.42. The molecular weight excluding hydrogens is 249 g/mol. The number of hydrogen-bond donors (Lipinski definition) is 1. The monoisotopic (exact) mass is 267 g/mol. The van der Waals surface area contributed by atoms with Gasteiger partial charge in [-0.25, -0.2) is 4.39 Å². The Balaban J connectivity index is 1.74. The van der Waals surface area contributed by atoms with Crippen LogP contribution in [0.1, 0.15) is 18.4 Å². The van der Waals surface area contributed by atoms with Gasteiger partial charge >= 0.3 is 0 Å². The number of carbonyl (C=O) groups excluding carboxylic acids is 1. The molecule has 19 heavy (non-hydrogen) atoms. The standard InChI is InChI=1S/C14H18FNO3/c1-10-4-5-12(15)13(7-10)19-9-14(17)16-8-11-3-2-6-18-11/h4-5,7,11H,2-3,6,8-9H2,1H3,(H,16,17). The van der Waals surface area contributed by atoms with Crippen LogP contribution in [-0.2, 0) is 9.53 Å². The maximum atomic E-state index is 13.4. The molecule has 2 rings (SSSR count). The van der Waals surface area contributed by atoms with Gasteiger partial charge in [-0.1, -0.05) is 6.07 Å². The summed E-state index contributed by atoms with van der Waals surface area (Å²) >= 11 is 0. The van der Waals surface area contributed by atoms with E-state index >= 15 is 0 Å². The maximum absolute atomic E-state index is 13.4. The Morgan fingerprint density at radius 3 is 3.16 bits per heavy atom. The van der Waals surface area contributed by atoms with E-state index in [1.165, 1.54) is 6.07 Å². The van der Waals surface area contributed by atoms with E-state index in [0.717, 1.165) is 25.0 Å². The van der Waals surface area contributed by atoms with Crippen molar-refractivity contribution in [3.8, 4) is 5.75 Å². The van der Waals surface area contributed by atoms with Crippen LogP contribution in [0.2, 0.25) is 0 Å². The zero-order valence-corrected chi connectivity index (χ0v) is 10.9. The predicted octanol–water partition coefficient (Wildman–Crippen LogP) is 1.81. The van der Waals surface area contributed by atoms with Crippen LogP contribution < -0.4 is 10.1 Å². The smallest absolute Gasteiger partial charge is 0.258 e. The van der Waals surface area contributed by atoms with Crippen LogP contribution >= 0.6 is 0 Å². The van der Waals surface area contributed by atoms with E-state index in [2.05, 4.69) is 5.32 Å². The zero-order chi connectivity index (χ0) is 13.7. The highest BCUT2D eigenvalue weighted by Crippen LogP contribution is 2.18. The highest BCUT2D eigenvalue weighted by molar-refractivity contribution is 5.77. The van der Waals surface area contributed by atoms with Crippen LogP contribution in [0.15, 0.2) is 18.2 Å². The molecule has 1 heterocycles. The third kappa shape index (κ3) is 4.21. The molecule has 0 spiro atoms. The number of carbonyl (C=O) groups is 1. The van der Waals surface area contributed by atoms with Crippen LogP contribution in [0, 0.1) is 12.7 Å². The molecule has 1 fully saturated rings. The van der Waals surface area contributed by atoms with Crippen molar-refractivity contribution in [1.29, 1.82) is 0 Å². The molecule has 0 aliphatic carbocycles. The van der Waals surface area contributed by atoms with Crippen molar-refractivity contribution in [1.82, 2.24) is 5.32 Å². The van der Waals surface area contributed by atoms with Gasteiger partial charge in [0.15, 0.2) is 18.2 Å². The second kappa shape index (κ2) is 6.52. The van der Waals surface area contributed by atoms with Crippen LogP contribution in [0.3, 0.4) is 0 Å². The Labute approximate surface area is 111 Å². The third-order valence-electron chi connectivity index (χ3n) is 3.00. The summed E-state index contributed by atoms with van der Waals surface area (Å²) in [6.45, 7) is 2.89. The Morgan fingerprint density at radius 1 is 1.58 bits per heavy atom. The average Bonchev–Trinajstić information content (AvgIpc) is 2.90. The third-order valence-corrected chi connectivity index (χ3v) is 3.00. The lowest BCUT2D eigenvalue weighted by Gasteiger charge is -2.11. The van der Waals surface area contributed by atoms with Crippen LogP contribution in [-0.4, -0.2) is 31.8 Å². The fraction of sp³-hybridized carbons (Fsp3) is 0.500. The van der Waals surface area contributed by atoms with Gasteiger partial charge < -0.3 is 14.8 Å². The number of halogens is 1. The van der Waals surface area contributed by atoms with Gasteiger partial charge in [0.05, 0.1) is 6.10 Å². The van der Waals surface area contributed by atoms with Crippen molar-refractivity contribution in [3.05, 3.63) is 29.6 Å². The highest BCUT2D eigenvalue weighted by Gasteiger charge is 2.16. The van der Waals surface area contributed by atoms with Crippen molar-refractivity contribution in [2.45, 2.75) is 25.9 Å². The number of hydrogen-bond acceptors (Lipinski definition) is 3. The minimum atomic E-state index is -0.461. The largest absolute Gasteiger partial charge is 0.481 e. The molecule has 1 aromatic rings. The van der Waals surface area contributed by atoms with E-state index in [-0.39, 0.29) is 24.4 Å². The molecule has 4 nitrogen and oxygen atoms in total. The van der Waals surface area contributed by atoms with Crippen molar-refractivity contribution in [2.75, 3.05) is 19.8 Å². The van der Waals surface area contributed by atoms with Crippen LogP contribution in [0.25, 0.3) is 0 Å². The number of ether oxygens (including phenoxy) is 2. The molecule has 0 radical (unpaired) electrons. The second-order valence-electron chi connectivity index (χ2n) is 4.66. The summed E-state index contributed by atoms with van der Waals surface area (Å²) in [5.41, 5.74) is 0.885. The summed E-state index contributed by atoms with van der Waals surface area (Å²) in [5.74, 6) is -0.624. The summed E-state index contributed by atoms with van der Waals surface area (Å²) in [6, 6.07) is 4.55. The van der Waals surface area contributed by atoms with Gasteiger partial charge in [0.25, 0.3) is 5.91 Å². The first-order chi connectivity index (χ1) is 9.15. The summed E-state index contributed by atoms with van der Waals surface area (Å²) in [4.78, 5) is 11.6. The minimum Gasteiger partial charge on any atom is -0.481 e. The topological polar surface area (TPSA) is 47.6 Å². The van der Waals surface area contributed by atoms with Crippen molar-refractivity contribution in [3.63, 3.8) is 0 Å². The maximum Gasteiger partial charge on any atom is 0.258 e. The molecule has 1 N–H and O–H groups in total. The molecular formula is C14H18FNO3. The molecule has 104 valence electrons. The number of nitrogens with one attached hydrogen (secondary N) is 1. The zero-order valence-electron chi connectivity index (χ0n) is 10.9. The second-order valence-corrected chi connectivity index (χ2v) is 4.66. The van der Waals surface area contributed by atoms with E-state index in [0.29, 0.717) is 6.54 Å². The normalized spacial score (nSPS) is 18.3. The van der Waals surface area contributed by atoms with Crippen LogP contribution in [0.5, 0.6) is 5.75 Å². The number of aryl methyl sites for hydroxylation is 1. The molecule has 0 saturated carbocycles. The minimum absolute atomic E-state index is 0.0969. The van der Waals surface area contributed by atoms with E-state index in [9.17, 15) is 9.18 Å². The first kappa shape index (κ1) is 13.8.